The van der Waals surface area contributed by atoms with Gasteiger partial charge in [-0.15, -0.1) is 0 Å². The number of unbranched alkanes of at least 4 members (excludes halogenated alkanes) is 13. The Morgan fingerprint density at radius 2 is 1.33 bits per heavy atom. The summed E-state index contributed by atoms with van der Waals surface area (Å²) in [6.45, 7) is 3.55. The zero-order valence-electron chi connectivity index (χ0n) is 37.2. The van der Waals surface area contributed by atoms with Gasteiger partial charge < -0.3 is 51.9 Å². The molecule has 9 N–H and O–H groups in total. The van der Waals surface area contributed by atoms with E-state index >= 15 is 0 Å². The number of nitrogens with zero attached hydrogens (tertiary/aromatic N) is 1. The van der Waals surface area contributed by atoms with E-state index in [9.17, 15) is 54.0 Å². The van der Waals surface area contributed by atoms with Gasteiger partial charge in [-0.25, -0.2) is 4.79 Å². The Balaban J connectivity index is 1.54. The molecule has 0 fully saturated rings. The Morgan fingerprint density at radius 1 is 0.778 bits per heavy atom. The Labute approximate surface area is 370 Å². The number of amides is 6. The van der Waals surface area contributed by atoms with Gasteiger partial charge in [0.05, 0.1) is 13.2 Å². The smallest absolute Gasteiger partial charge is 0.326 e. The molecule has 63 heavy (non-hydrogen) atoms. The van der Waals surface area contributed by atoms with Crippen LogP contribution >= 0.6 is 0 Å². The van der Waals surface area contributed by atoms with Crippen molar-refractivity contribution in [3.8, 4) is 22.6 Å². The lowest BCUT2D eigenvalue weighted by Crippen LogP contribution is -2.55. The number of carbonyl (C=O) groups is 7. The normalized spacial score (nSPS) is 17.3. The van der Waals surface area contributed by atoms with E-state index in [1.807, 2.05) is 0 Å². The van der Waals surface area contributed by atoms with Gasteiger partial charge >= 0.3 is 5.97 Å². The van der Waals surface area contributed by atoms with E-state index in [4.69, 9.17) is 0 Å². The molecule has 0 unspecified atom stereocenters. The number of aliphatic hydroxyl groups excluding tert-OH is 1. The van der Waals surface area contributed by atoms with Gasteiger partial charge in [-0.05, 0) is 55.7 Å². The number of aliphatic carboxylic acids is 1. The SMILES string of the molecule is CCCCCCCCCCCCCCCCC(=O)N(C)[C@H](CO)C(=O)N[C@H](C)C(=O)NCC(=O)N[C@@H]1C(=O)N[C@@H](C)C(=O)N[C@H](C(=O)O)Cc2ccc(O)c(c2)-c2cc1ccc2O. The minimum Gasteiger partial charge on any atom is -0.507 e. The number of aromatic hydroxyl groups is 2. The summed E-state index contributed by atoms with van der Waals surface area (Å²) >= 11 is 0. The van der Waals surface area contributed by atoms with E-state index in [0.29, 0.717) is 12.0 Å². The summed E-state index contributed by atoms with van der Waals surface area (Å²) < 4.78 is 0. The predicted molar refractivity (Wildman–Crippen MR) is 236 cm³/mol. The van der Waals surface area contributed by atoms with Crippen LogP contribution in [0.2, 0.25) is 0 Å². The van der Waals surface area contributed by atoms with Gasteiger partial charge in [-0.3, -0.25) is 28.8 Å². The first-order chi connectivity index (χ1) is 30.1. The second-order valence-corrected chi connectivity index (χ2v) is 16.5. The van der Waals surface area contributed by atoms with Gasteiger partial charge in [0, 0.05) is 31.0 Å². The summed E-state index contributed by atoms with van der Waals surface area (Å²) in [7, 11) is 1.42. The molecule has 0 saturated heterocycles. The van der Waals surface area contributed by atoms with E-state index < -0.39 is 78.9 Å². The first-order valence-corrected chi connectivity index (χ1v) is 22.3. The number of aliphatic hydroxyl groups is 1. The van der Waals surface area contributed by atoms with Crippen molar-refractivity contribution in [2.24, 2.45) is 0 Å². The number of nitrogens with one attached hydrogen (secondary N) is 5. The maximum Gasteiger partial charge on any atom is 0.326 e. The fourth-order valence-electron chi connectivity index (χ4n) is 7.38. The summed E-state index contributed by atoms with van der Waals surface area (Å²) in [4.78, 5) is 92.1. The largest absolute Gasteiger partial charge is 0.507 e. The summed E-state index contributed by atoms with van der Waals surface area (Å²) in [5.74, 6) is -6.39. The van der Waals surface area contributed by atoms with Crippen LogP contribution in [-0.2, 0) is 40.0 Å². The molecule has 1 heterocycles. The second-order valence-electron chi connectivity index (χ2n) is 16.5. The highest BCUT2D eigenvalue weighted by molar-refractivity contribution is 5.96. The number of likely N-dealkylation sites (N-methyl/N-ethyl adjacent to an activating group) is 1. The molecule has 1 aliphatic rings. The van der Waals surface area contributed by atoms with E-state index in [0.717, 1.165) is 24.2 Å². The van der Waals surface area contributed by atoms with Crippen LogP contribution in [0.1, 0.15) is 134 Å². The van der Waals surface area contributed by atoms with Crippen LogP contribution in [0.3, 0.4) is 0 Å². The number of benzene rings is 2. The molecule has 2 aromatic rings. The Bertz CT molecular complexity index is 1870. The lowest BCUT2D eigenvalue weighted by molar-refractivity contribution is -0.142. The molecule has 3 rings (SSSR count). The first-order valence-electron chi connectivity index (χ1n) is 22.3. The predicted octanol–water partition coefficient (Wildman–Crippen LogP) is 3.86. The van der Waals surface area contributed by atoms with Gasteiger partial charge in [-0.2, -0.15) is 0 Å². The summed E-state index contributed by atoms with van der Waals surface area (Å²) in [6.07, 6.45) is 16.5. The number of phenols is 2. The average molecular weight is 881 g/mol. The highest BCUT2D eigenvalue weighted by Crippen LogP contribution is 2.38. The quantitative estimate of drug-likeness (QED) is 0.0684. The average Bonchev–Trinajstić information content (AvgIpc) is 3.25. The number of phenolic OH excluding ortho intramolecular Hbond substituents is 2. The molecule has 348 valence electrons. The highest BCUT2D eigenvalue weighted by atomic mass is 16.4. The molecule has 17 heteroatoms. The van der Waals surface area contributed by atoms with Crippen molar-refractivity contribution < 1.29 is 54.0 Å². The van der Waals surface area contributed by atoms with E-state index in [1.54, 1.807) is 0 Å². The topological polar surface area (TPSA) is 264 Å². The van der Waals surface area contributed by atoms with Gasteiger partial charge in [-0.1, -0.05) is 103 Å². The summed E-state index contributed by atoms with van der Waals surface area (Å²) in [5, 5.41) is 53.5. The molecule has 0 saturated carbocycles. The van der Waals surface area contributed by atoms with Crippen molar-refractivity contribution in [3.63, 3.8) is 0 Å². The number of hydrogen-bond donors (Lipinski definition) is 9. The van der Waals surface area contributed by atoms with Crippen LogP contribution in [-0.4, -0.2) is 111 Å². The van der Waals surface area contributed by atoms with Crippen LogP contribution in [0.15, 0.2) is 36.4 Å². The van der Waals surface area contributed by atoms with Crippen molar-refractivity contribution in [1.29, 1.82) is 0 Å². The number of fused-ring (bicyclic) bond motifs is 5. The van der Waals surface area contributed by atoms with Gasteiger partial charge in [0.15, 0.2) is 0 Å². The number of carbonyl (C=O) groups excluding carboxylic acids is 6. The summed E-state index contributed by atoms with van der Waals surface area (Å²) in [6, 6.07) is 1.48. The Hall–Kier alpha value is -5.71. The third kappa shape index (κ3) is 16.8. The molecule has 0 spiro atoms. The van der Waals surface area contributed by atoms with Crippen molar-refractivity contribution in [3.05, 3.63) is 47.5 Å². The lowest BCUT2D eigenvalue weighted by atomic mass is 9.94. The zero-order valence-corrected chi connectivity index (χ0v) is 37.2. The molecule has 17 nitrogen and oxygen atoms in total. The van der Waals surface area contributed by atoms with Crippen LogP contribution in [0.25, 0.3) is 11.1 Å². The van der Waals surface area contributed by atoms with Crippen molar-refractivity contribution in [1.82, 2.24) is 31.5 Å². The van der Waals surface area contributed by atoms with Gasteiger partial charge in [0.25, 0.3) is 0 Å². The molecular formula is C46H68N6O11. The third-order valence-electron chi connectivity index (χ3n) is 11.3. The fourth-order valence-corrected chi connectivity index (χ4v) is 7.38. The molecular weight excluding hydrogens is 813 g/mol. The third-order valence-corrected chi connectivity index (χ3v) is 11.3. The van der Waals surface area contributed by atoms with E-state index in [2.05, 4.69) is 33.5 Å². The standard InChI is InChI=1S/C46H68N6O11/c1-5-6-7-8-9-10-11-12-13-14-15-16-17-18-19-40(57)52(4)36(28-53)44(60)48-29(2)42(58)47-27-39(56)51-41-32-21-23-38(55)34(26-32)33-24-31(20-22-37(33)54)25-35(46(62)63)50-43(59)30(3)49-45(41)61/h20-24,26,29-30,35-36,41,53-55H,5-19,25,27-28H2,1-4H3,(H,47,58)(H,48,60)(H,49,61)(H,50,59)(H,51,56)(H,62,63)/t29-,30+,35+,36-,41+/m1/s1. The Kier molecular flexibility index (Phi) is 21.9. The lowest BCUT2D eigenvalue weighted by Gasteiger charge is -2.27. The van der Waals surface area contributed by atoms with Crippen LogP contribution in [0, 0.1) is 0 Å². The van der Waals surface area contributed by atoms with Gasteiger partial charge in [0.2, 0.25) is 35.4 Å². The van der Waals surface area contributed by atoms with Crippen molar-refractivity contribution in [2.75, 3.05) is 20.2 Å². The minimum absolute atomic E-state index is 0.0566. The summed E-state index contributed by atoms with van der Waals surface area (Å²) in [5.41, 5.74) is 0.672. The van der Waals surface area contributed by atoms with Crippen molar-refractivity contribution >= 4 is 41.4 Å². The van der Waals surface area contributed by atoms with Crippen LogP contribution < -0.4 is 26.6 Å². The molecule has 6 amide bonds. The maximum absolute atomic E-state index is 13.6. The monoisotopic (exact) mass is 880 g/mol. The molecule has 2 aromatic carbocycles. The fraction of sp³-hybridized carbons (Fsp3) is 0.587. The minimum atomic E-state index is -1.52. The Morgan fingerprint density at radius 3 is 1.90 bits per heavy atom. The van der Waals surface area contributed by atoms with Gasteiger partial charge in [0.1, 0.15) is 41.7 Å². The second kappa shape index (κ2) is 26.7. The first kappa shape index (κ1) is 51.6. The number of rotatable bonds is 24. The highest BCUT2D eigenvalue weighted by Gasteiger charge is 2.31. The molecule has 0 aromatic heterocycles. The van der Waals surface area contributed by atoms with E-state index in [1.165, 1.54) is 122 Å². The molecule has 4 bridgehead atoms. The molecule has 5 atom stereocenters. The molecule has 1 aliphatic heterocycles. The van der Waals surface area contributed by atoms with Crippen molar-refractivity contribution in [2.45, 2.75) is 154 Å². The molecule has 0 radical (unpaired) electrons. The molecule has 0 aliphatic carbocycles. The number of hydrogen-bond acceptors (Lipinski definition) is 10. The maximum atomic E-state index is 13.6. The number of carboxylic acid groups (broad SMARTS) is 1. The van der Waals surface area contributed by atoms with E-state index in [-0.39, 0.29) is 46.9 Å². The van der Waals surface area contributed by atoms with Crippen LogP contribution in [0.5, 0.6) is 11.5 Å². The number of carboxylic acids is 1. The zero-order chi connectivity index (χ0) is 46.5. The van der Waals surface area contributed by atoms with Crippen LogP contribution in [0.4, 0.5) is 0 Å².